The summed E-state index contributed by atoms with van der Waals surface area (Å²) in [6.07, 6.45) is 5.62. The first-order chi connectivity index (χ1) is 8.58. The van der Waals surface area contributed by atoms with Crippen LogP contribution < -0.4 is 10.6 Å². The number of carbonyl (C=O) groups is 1. The average molecular weight is 354 g/mol. The minimum absolute atomic E-state index is 0.0495. The quantitative estimate of drug-likeness (QED) is 0.802. The predicted molar refractivity (Wildman–Crippen MR) is 81.2 cm³/mol. The summed E-state index contributed by atoms with van der Waals surface area (Å²) in [4.78, 5) is 12.2. The molecule has 3 nitrogen and oxygen atoms in total. The highest BCUT2D eigenvalue weighted by Crippen LogP contribution is 2.14. The molecule has 1 aromatic carbocycles. The third-order valence-electron chi connectivity index (χ3n) is 2.89. The molecule has 1 aromatic rings. The highest BCUT2D eigenvalue weighted by molar-refractivity contribution is 14.1. The maximum absolute atomic E-state index is 12.2. The molecule has 0 fully saturated rings. The summed E-state index contributed by atoms with van der Waals surface area (Å²) < 4.78 is 1.06. The Balaban J connectivity index is 2.15. The third kappa shape index (κ3) is 2.93. The molecular weight excluding hydrogens is 339 g/mol. The number of hydrogen-bond donors (Lipinski definition) is 2. The molecule has 0 spiro atoms. The summed E-state index contributed by atoms with van der Waals surface area (Å²) in [5.74, 6) is -0.0495. The smallest absolute Gasteiger partial charge is 0.253 e. The van der Waals surface area contributed by atoms with Gasteiger partial charge in [-0.2, -0.15) is 0 Å². The van der Waals surface area contributed by atoms with Crippen LogP contribution in [0.15, 0.2) is 42.1 Å². The van der Waals surface area contributed by atoms with E-state index in [4.69, 9.17) is 0 Å². The predicted octanol–water partition coefficient (Wildman–Crippen LogP) is 2.72. The molecule has 18 heavy (non-hydrogen) atoms. The first kappa shape index (κ1) is 13.1. The van der Waals surface area contributed by atoms with Gasteiger partial charge in [0, 0.05) is 9.13 Å². The molecule has 0 saturated heterocycles. The standard InChI is InChI=1S/C14H15IN2O/c1-9-5-6-11(15)8-12(9)14(18)17-13-10(2)4-3-7-16-13/h3-8,13,16H,1-2H3,(H,17,18). The van der Waals surface area contributed by atoms with Crippen LogP contribution in [0.1, 0.15) is 22.8 Å². The molecule has 1 heterocycles. The Morgan fingerprint density at radius 2 is 2.17 bits per heavy atom. The number of amides is 1. The van der Waals surface area contributed by atoms with Gasteiger partial charge in [-0.3, -0.25) is 4.79 Å². The van der Waals surface area contributed by atoms with E-state index in [1.807, 2.05) is 50.4 Å². The number of dihydropyridines is 1. The van der Waals surface area contributed by atoms with Gasteiger partial charge in [-0.05, 0) is 72.0 Å². The van der Waals surface area contributed by atoms with Crippen LogP contribution in [0.3, 0.4) is 0 Å². The van der Waals surface area contributed by atoms with Crippen LogP contribution >= 0.6 is 22.6 Å². The van der Waals surface area contributed by atoms with Crippen molar-refractivity contribution in [3.05, 3.63) is 56.8 Å². The van der Waals surface area contributed by atoms with Gasteiger partial charge in [0.2, 0.25) is 0 Å². The molecule has 0 aromatic heterocycles. The molecular formula is C14H15IN2O. The van der Waals surface area contributed by atoms with Crippen molar-refractivity contribution in [3.63, 3.8) is 0 Å². The van der Waals surface area contributed by atoms with Gasteiger partial charge in [0.15, 0.2) is 0 Å². The zero-order chi connectivity index (χ0) is 13.1. The van der Waals surface area contributed by atoms with Crippen molar-refractivity contribution < 1.29 is 4.79 Å². The lowest BCUT2D eigenvalue weighted by atomic mass is 10.1. The molecule has 2 N–H and O–H groups in total. The van der Waals surface area contributed by atoms with E-state index in [1.54, 1.807) is 0 Å². The fourth-order valence-corrected chi connectivity index (χ4v) is 2.27. The van der Waals surface area contributed by atoms with Gasteiger partial charge in [-0.25, -0.2) is 0 Å². The summed E-state index contributed by atoms with van der Waals surface area (Å²) in [6.45, 7) is 3.94. The molecule has 94 valence electrons. The first-order valence-electron chi connectivity index (χ1n) is 5.74. The number of allylic oxidation sites excluding steroid dienone is 2. The van der Waals surface area contributed by atoms with Crippen LogP contribution in [0.25, 0.3) is 0 Å². The Bertz CT molecular complexity index is 535. The van der Waals surface area contributed by atoms with E-state index in [9.17, 15) is 4.79 Å². The Morgan fingerprint density at radius 1 is 1.39 bits per heavy atom. The van der Waals surface area contributed by atoms with E-state index in [-0.39, 0.29) is 12.1 Å². The second-order valence-electron chi connectivity index (χ2n) is 4.30. The lowest BCUT2D eigenvalue weighted by Crippen LogP contribution is -2.45. The van der Waals surface area contributed by atoms with Crippen LogP contribution in [0.2, 0.25) is 0 Å². The zero-order valence-corrected chi connectivity index (χ0v) is 12.5. The van der Waals surface area contributed by atoms with Gasteiger partial charge < -0.3 is 10.6 Å². The Hall–Kier alpha value is -1.30. The molecule has 1 aliphatic heterocycles. The number of aryl methyl sites for hydroxylation is 1. The molecule has 4 heteroatoms. The molecule has 1 amide bonds. The highest BCUT2D eigenvalue weighted by atomic mass is 127. The van der Waals surface area contributed by atoms with Crippen LogP contribution in [0.5, 0.6) is 0 Å². The van der Waals surface area contributed by atoms with Crippen molar-refractivity contribution in [1.29, 1.82) is 0 Å². The van der Waals surface area contributed by atoms with E-state index in [1.165, 1.54) is 0 Å². The van der Waals surface area contributed by atoms with Crippen molar-refractivity contribution in [1.82, 2.24) is 10.6 Å². The summed E-state index contributed by atoms with van der Waals surface area (Å²) in [5, 5.41) is 6.10. The first-order valence-corrected chi connectivity index (χ1v) is 6.82. The summed E-state index contributed by atoms with van der Waals surface area (Å²) in [7, 11) is 0. The van der Waals surface area contributed by atoms with Crippen molar-refractivity contribution in [2.45, 2.75) is 20.0 Å². The van der Waals surface area contributed by atoms with Gasteiger partial charge in [-0.15, -0.1) is 0 Å². The van der Waals surface area contributed by atoms with E-state index in [0.29, 0.717) is 0 Å². The van der Waals surface area contributed by atoms with E-state index in [0.717, 1.165) is 20.3 Å². The minimum atomic E-state index is -0.125. The van der Waals surface area contributed by atoms with Gasteiger partial charge in [0.05, 0.1) is 0 Å². The Labute approximate surface area is 120 Å². The minimum Gasteiger partial charge on any atom is -0.368 e. The largest absolute Gasteiger partial charge is 0.368 e. The van der Waals surface area contributed by atoms with E-state index >= 15 is 0 Å². The van der Waals surface area contributed by atoms with Crippen molar-refractivity contribution >= 4 is 28.5 Å². The number of halogens is 1. The zero-order valence-electron chi connectivity index (χ0n) is 10.3. The van der Waals surface area contributed by atoms with Gasteiger partial charge in [-0.1, -0.05) is 12.1 Å². The average Bonchev–Trinajstić information content (AvgIpc) is 2.35. The molecule has 1 aliphatic rings. The lowest BCUT2D eigenvalue weighted by molar-refractivity contribution is 0.0938. The number of rotatable bonds is 2. The Kier molecular flexibility index (Phi) is 4.06. The van der Waals surface area contributed by atoms with Crippen LogP contribution in [-0.2, 0) is 0 Å². The van der Waals surface area contributed by atoms with Gasteiger partial charge in [0.1, 0.15) is 6.17 Å². The van der Waals surface area contributed by atoms with Gasteiger partial charge >= 0.3 is 0 Å². The maximum atomic E-state index is 12.2. The third-order valence-corrected chi connectivity index (χ3v) is 3.56. The summed E-state index contributed by atoms with van der Waals surface area (Å²) in [6, 6.07) is 5.87. The topological polar surface area (TPSA) is 41.1 Å². The highest BCUT2D eigenvalue weighted by Gasteiger charge is 2.16. The van der Waals surface area contributed by atoms with Crippen LogP contribution in [0.4, 0.5) is 0 Å². The molecule has 1 unspecified atom stereocenters. The lowest BCUT2D eigenvalue weighted by Gasteiger charge is -2.22. The van der Waals surface area contributed by atoms with E-state index in [2.05, 4.69) is 33.2 Å². The fourth-order valence-electron chi connectivity index (χ4n) is 1.78. The second kappa shape index (κ2) is 5.56. The molecule has 1 atom stereocenters. The van der Waals surface area contributed by atoms with Crippen molar-refractivity contribution in [3.8, 4) is 0 Å². The number of benzene rings is 1. The number of nitrogens with one attached hydrogen (secondary N) is 2. The number of hydrogen-bond acceptors (Lipinski definition) is 2. The van der Waals surface area contributed by atoms with Crippen molar-refractivity contribution in [2.75, 3.05) is 0 Å². The molecule has 0 saturated carbocycles. The SMILES string of the molecule is CC1=CC=CNC1NC(=O)c1cc(I)ccc1C. The molecule has 2 rings (SSSR count). The molecule has 0 aliphatic carbocycles. The van der Waals surface area contributed by atoms with Crippen molar-refractivity contribution in [2.24, 2.45) is 0 Å². The maximum Gasteiger partial charge on any atom is 0.253 e. The second-order valence-corrected chi connectivity index (χ2v) is 5.55. The number of carbonyl (C=O) groups excluding carboxylic acids is 1. The monoisotopic (exact) mass is 354 g/mol. The van der Waals surface area contributed by atoms with E-state index < -0.39 is 0 Å². The summed E-state index contributed by atoms with van der Waals surface area (Å²) in [5.41, 5.74) is 2.81. The normalized spacial score (nSPS) is 17.9. The summed E-state index contributed by atoms with van der Waals surface area (Å²) >= 11 is 2.21. The van der Waals surface area contributed by atoms with Gasteiger partial charge in [0.25, 0.3) is 5.91 Å². The fraction of sp³-hybridized carbons (Fsp3) is 0.214. The Morgan fingerprint density at radius 3 is 2.89 bits per heavy atom. The molecule has 0 radical (unpaired) electrons. The van der Waals surface area contributed by atoms with Crippen LogP contribution in [0, 0.1) is 10.5 Å². The molecule has 0 bridgehead atoms. The van der Waals surface area contributed by atoms with Crippen LogP contribution in [-0.4, -0.2) is 12.1 Å².